The van der Waals surface area contributed by atoms with Crippen LogP contribution in [0.5, 0.6) is 5.75 Å². The number of aromatic amines is 1. The maximum absolute atomic E-state index is 13.1. The summed E-state index contributed by atoms with van der Waals surface area (Å²) in [5.74, 6) is 0.773. The van der Waals surface area contributed by atoms with Gasteiger partial charge in [0.25, 0.3) is 5.91 Å². The van der Waals surface area contributed by atoms with Crippen LogP contribution in [0.3, 0.4) is 0 Å². The van der Waals surface area contributed by atoms with Gasteiger partial charge in [-0.2, -0.15) is 0 Å². The molecule has 8 nitrogen and oxygen atoms in total. The second-order valence-electron chi connectivity index (χ2n) is 9.47. The number of aliphatic hydroxyl groups is 1. The van der Waals surface area contributed by atoms with E-state index in [4.69, 9.17) is 4.74 Å². The number of fused-ring (bicyclic) bond motifs is 4. The monoisotopic (exact) mass is 469 g/mol. The van der Waals surface area contributed by atoms with Crippen LogP contribution in [0, 0.1) is 0 Å². The summed E-state index contributed by atoms with van der Waals surface area (Å²) in [7, 11) is 1.66. The van der Waals surface area contributed by atoms with Crippen molar-refractivity contribution in [1.82, 2.24) is 24.8 Å². The second-order valence-corrected chi connectivity index (χ2v) is 9.47. The highest BCUT2D eigenvalue weighted by molar-refractivity contribution is 5.95. The van der Waals surface area contributed by atoms with E-state index in [1.807, 2.05) is 29.3 Å². The lowest BCUT2D eigenvalue weighted by Crippen LogP contribution is -2.67. The number of aliphatic hydroxyl groups excluding tert-OH is 1. The van der Waals surface area contributed by atoms with Gasteiger partial charge in [-0.1, -0.05) is 6.07 Å². The lowest BCUT2D eigenvalue weighted by molar-refractivity contribution is -0.00280. The van der Waals surface area contributed by atoms with Gasteiger partial charge >= 0.3 is 0 Å². The van der Waals surface area contributed by atoms with E-state index < -0.39 is 0 Å². The minimum atomic E-state index is -0.242. The number of carbonyl (C=O) groups is 1. The van der Waals surface area contributed by atoms with E-state index >= 15 is 0 Å². The number of aromatic nitrogens is 3. The lowest BCUT2D eigenvalue weighted by atomic mass is 9.68. The first-order valence-electron chi connectivity index (χ1n) is 11.7. The predicted octanol–water partition coefficient (Wildman–Crippen LogP) is 2.91. The average Bonchev–Trinajstić information content (AvgIpc) is 3.26. The summed E-state index contributed by atoms with van der Waals surface area (Å²) >= 11 is 0. The number of nitrogens with zero attached hydrogens (tertiary/aromatic N) is 4. The SMILES string of the molecule is COc1ccc2c3c([nH]c2c1)[C@H](CO)N(Cc1cccnc1)CC31CN(C(=O)c2cccnc2)C1. The van der Waals surface area contributed by atoms with Crippen molar-refractivity contribution in [2.75, 3.05) is 33.4 Å². The van der Waals surface area contributed by atoms with Gasteiger partial charge in [0.1, 0.15) is 5.75 Å². The Hall–Kier alpha value is -3.75. The molecule has 1 saturated heterocycles. The van der Waals surface area contributed by atoms with Gasteiger partial charge in [-0.25, -0.2) is 0 Å². The highest BCUT2D eigenvalue weighted by Crippen LogP contribution is 2.49. The fourth-order valence-corrected chi connectivity index (χ4v) is 5.76. The van der Waals surface area contributed by atoms with Crippen LogP contribution in [0.2, 0.25) is 0 Å². The summed E-state index contributed by atoms with van der Waals surface area (Å²) in [6.07, 6.45) is 6.93. The van der Waals surface area contributed by atoms with Crippen LogP contribution in [-0.4, -0.2) is 69.1 Å². The van der Waals surface area contributed by atoms with Crippen molar-refractivity contribution in [1.29, 1.82) is 0 Å². The zero-order chi connectivity index (χ0) is 24.0. The third-order valence-corrected chi connectivity index (χ3v) is 7.31. The number of rotatable bonds is 5. The molecule has 5 heterocycles. The number of likely N-dealkylation sites (tertiary alicyclic amines) is 1. The van der Waals surface area contributed by atoms with Gasteiger partial charge in [0.05, 0.1) is 25.3 Å². The van der Waals surface area contributed by atoms with Gasteiger partial charge in [0, 0.05) is 79.0 Å². The summed E-state index contributed by atoms with van der Waals surface area (Å²) < 4.78 is 5.45. The Morgan fingerprint density at radius 3 is 2.63 bits per heavy atom. The molecule has 178 valence electrons. The quantitative estimate of drug-likeness (QED) is 0.467. The molecule has 1 fully saturated rings. The molecule has 4 aromatic rings. The van der Waals surface area contributed by atoms with Crippen molar-refractivity contribution in [3.63, 3.8) is 0 Å². The van der Waals surface area contributed by atoms with Crippen molar-refractivity contribution in [2.24, 2.45) is 0 Å². The van der Waals surface area contributed by atoms with E-state index in [-0.39, 0.29) is 24.0 Å². The van der Waals surface area contributed by atoms with Gasteiger partial charge in [-0.3, -0.25) is 19.7 Å². The minimum absolute atomic E-state index is 0.00474. The largest absolute Gasteiger partial charge is 0.497 e. The normalized spacial score (nSPS) is 18.9. The van der Waals surface area contributed by atoms with Crippen molar-refractivity contribution in [3.05, 3.63) is 89.6 Å². The molecule has 2 aliphatic rings. The van der Waals surface area contributed by atoms with Crippen molar-refractivity contribution in [2.45, 2.75) is 18.0 Å². The molecule has 35 heavy (non-hydrogen) atoms. The molecule has 0 aliphatic carbocycles. The number of hydrogen-bond donors (Lipinski definition) is 2. The summed E-state index contributed by atoms with van der Waals surface area (Å²) in [6, 6.07) is 13.5. The molecule has 3 aromatic heterocycles. The third kappa shape index (κ3) is 3.57. The molecule has 0 bridgehead atoms. The molecule has 2 N–H and O–H groups in total. The van der Waals surface area contributed by atoms with E-state index in [1.165, 1.54) is 5.56 Å². The fraction of sp³-hybridized carbons (Fsp3) is 0.296. The van der Waals surface area contributed by atoms with E-state index in [0.29, 0.717) is 25.2 Å². The van der Waals surface area contributed by atoms with E-state index in [9.17, 15) is 9.90 Å². The van der Waals surface area contributed by atoms with Crippen molar-refractivity contribution >= 4 is 16.8 Å². The number of methoxy groups -OCH3 is 1. The number of nitrogens with one attached hydrogen (secondary N) is 1. The number of ether oxygens (including phenoxy) is 1. The average molecular weight is 470 g/mol. The van der Waals surface area contributed by atoms with Crippen LogP contribution >= 0.6 is 0 Å². The Labute approximate surface area is 203 Å². The van der Waals surface area contributed by atoms with Gasteiger partial charge in [-0.05, 0) is 41.5 Å². The van der Waals surface area contributed by atoms with E-state index in [2.05, 4.69) is 32.0 Å². The van der Waals surface area contributed by atoms with Crippen LogP contribution in [-0.2, 0) is 12.0 Å². The van der Waals surface area contributed by atoms with Gasteiger partial charge in [0.2, 0.25) is 0 Å². The van der Waals surface area contributed by atoms with Crippen LogP contribution in [0.4, 0.5) is 0 Å². The standard InChI is InChI=1S/C27H27N5O3/c1-35-20-6-7-21-22(10-20)30-25-23(14-33)31(13-18-4-2-8-28-11-18)15-27(24(21)25)16-32(17-27)26(34)19-5-3-9-29-12-19/h2-12,23,30,33H,13-17H2,1H3/t23-/m0/s1. The van der Waals surface area contributed by atoms with Gasteiger partial charge in [-0.15, -0.1) is 0 Å². The molecule has 1 atom stereocenters. The molecule has 2 aliphatic heterocycles. The Bertz CT molecular complexity index is 1370. The molecule has 6 rings (SSSR count). The van der Waals surface area contributed by atoms with Crippen LogP contribution in [0.25, 0.3) is 10.9 Å². The summed E-state index contributed by atoms with van der Waals surface area (Å²) in [5, 5.41) is 11.6. The number of carbonyl (C=O) groups excluding carboxylic acids is 1. The molecule has 0 unspecified atom stereocenters. The van der Waals surface area contributed by atoms with E-state index in [0.717, 1.165) is 34.5 Å². The minimum Gasteiger partial charge on any atom is -0.497 e. The van der Waals surface area contributed by atoms with Crippen molar-refractivity contribution in [3.8, 4) is 5.75 Å². The Kier molecular flexibility index (Phi) is 5.27. The van der Waals surface area contributed by atoms with Crippen LogP contribution in [0.1, 0.15) is 33.2 Å². The number of amides is 1. The highest BCUT2D eigenvalue weighted by atomic mass is 16.5. The smallest absolute Gasteiger partial charge is 0.255 e. The molecular weight excluding hydrogens is 442 g/mol. The Morgan fingerprint density at radius 1 is 1.14 bits per heavy atom. The topological polar surface area (TPSA) is 94.6 Å². The summed E-state index contributed by atoms with van der Waals surface area (Å²) in [4.78, 5) is 29.3. The summed E-state index contributed by atoms with van der Waals surface area (Å²) in [6.45, 7) is 2.60. The fourth-order valence-electron chi connectivity index (χ4n) is 5.76. The zero-order valence-corrected chi connectivity index (χ0v) is 19.5. The maximum atomic E-state index is 13.1. The second kappa shape index (κ2) is 8.48. The number of hydrogen-bond acceptors (Lipinski definition) is 6. The predicted molar refractivity (Wildman–Crippen MR) is 131 cm³/mol. The first-order valence-corrected chi connectivity index (χ1v) is 11.7. The third-order valence-electron chi connectivity index (χ3n) is 7.31. The first kappa shape index (κ1) is 21.8. The van der Waals surface area contributed by atoms with Crippen LogP contribution in [0.15, 0.2) is 67.3 Å². The molecular formula is C27H27N5O3. The number of benzene rings is 1. The Balaban J connectivity index is 1.41. The van der Waals surface area contributed by atoms with Crippen LogP contribution < -0.4 is 4.74 Å². The molecule has 1 spiro atoms. The number of H-pyrrole nitrogens is 1. The maximum Gasteiger partial charge on any atom is 0.255 e. The van der Waals surface area contributed by atoms with Gasteiger partial charge in [0.15, 0.2) is 0 Å². The molecule has 1 amide bonds. The molecule has 0 saturated carbocycles. The molecule has 0 radical (unpaired) electrons. The zero-order valence-electron chi connectivity index (χ0n) is 19.5. The highest BCUT2D eigenvalue weighted by Gasteiger charge is 2.54. The lowest BCUT2D eigenvalue weighted by Gasteiger charge is -2.56. The molecule has 8 heteroatoms. The summed E-state index contributed by atoms with van der Waals surface area (Å²) in [5.41, 5.74) is 4.64. The van der Waals surface area contributed by atoms with Crippen molar-refractivity contribution < 1.29 is 14.6 Å². The first-order chi connectivity index (χ1) is 17.1. The Morgan fingerprint density at radius 2 is 1.94 bits per heavy atom. The number of pyridine rings is 2. The molecule has 1 aromatic carbocycles. The van der Waals surface area contributed by atoms with E-state index in [1.54, 1.807) is 37.8 Å². The van der Waals surface area contributed by atoms with Gasteiger partial charge < -0.3 is 19.7 Å².